The predicted octanol–water partition coefficient (Wildman–Crippen LogP) is 3.30. The summed E-state index contributed by atoms with van der Waals surface area (Å²) in [5.41, 5.74) is 2.10. The van der Waals surface area contributed by atoms with Gasteiger partial charge in [0.1, 0.15) is 12.0 Å². The van der Waals surface area contributed by atoms with E-state index in [0.717, 1.165) is 27.6 Å². The minimum absolute atomic E-state index is 0.126. The van der Waals surface area contributed by atoms with E-state index in [1.807, 2.05) is 19.1 Å². The van der Waals surface area contributed by atoms with Gasteiger partial charge in [0.15, 0.2) is 0 Å². The first kappa shape index (κ1) is 14.2. The summed E-state index contributed by atoms with van der Waals surface area (Å²) >= 11 is 3.44. The van der Waals surface area contributed by atoms with E-state index in [-0.39, 0.29) is 5.92 Å². The van der Waals surface area contributed by atoms with Crippen LogP contribution in [0.25, 0.3) is 0 Å². The van der Waals surface area contributed by atoms with Crippen LogP contribution in [0.15, 0.2) is 16.6 Å². The number of halogens is 1. The second-order valence-corrected chi connectivity index (χ2v) is 4.83. The topological polar surface area (TPSA) is 35.5 Å². The molecule has 0 aliphatic heterocycles. The molecule has 4 heteroatoms. The fourth-order valence-corrected chi connectivity index (χ4v) is 2.40. The van der Waals surface area contributed by atoms with Crippen molar-refractivity contribution < 1.29 is 14.3 Å². The number of hydrogen-bond donors (Lipinski definition) is 0. The Balaban J connectivity index is 3.24. The molecule has 1 unspecified atom stereocenters. The molecule has 0 aromatic heterocycles. The van der Waals surface area contributed by atoms with Gasteiger partial charge in [-0.15, -0.1) is 0 Å². The lowest BCUT2D eigenvalue weighted by Gasteiger charge is -2.18. The zero-order valence-electron chi connectivity index (χ0n) is 10.3. The maximum Gasteiger partial charge on any atom is 0.123 e. The summed E-state index contributed by atoms with van der Waals surface area (Å²) in [4.78, 5) is 10.6. The van der Waals surface area contributed by atoms with Gasteiger partial charge in [-0.05, 0) is 23.6 Å². The van der Waals surface area contributed by atoms with E-state index >= 15 is 0 Å². The van der Waals surface area contributed by atoms with Crippen molar-refractivity contribution in [2.24, 2.45) is 0 Å². The summed E-state index contributed by atoms with van der Waals surface area (Å²) in [5, 5.41) is 0. The first-order chi connectivity index (χ1) is 8.13. The van der Waals surface area contributed by atoms with Crippen molar-refractivity contribution in [2.75, 3.05) is 14.2 Å². The van der Waals surface area contributed by atoms with E-state index in [4.69, 9.17) is 9.47 Å². The van der Waals surface area contributed by atoms with Crippen LogP contribution in [0.1, 0.15) is 30.4 Å². The highest BCUT2D eigenvalue weighted by atomic mass is 79.9. The average molecular weight is 301 g/mol. The molecule has 0 bridgehead atoms. The third-order valence-electron chi connectivity index (χ3n) is 2.65. The quantitative estimate of drug-likeness (QED) is 0.756. The van der Waals surface area contributed by atoms with Crippen LogP contribution < -0.4 is 4.74 Å². The van der Waals surface area contributed by atoms with Crippen molar-refractivity contribution in [3.05, 3.63) is 27.7 Å². The Hall–Kier alpha value is -0.870. The number of rotatable bonds is 6. The van der Waals surface area contributed by atoms with Gasteiger partial charge in [0.05, 0.1) is 13.7 Å². The smallest absolute Gasteiger partial charge is 0.123 e. The number of methoxy groups -OCH3 is 2. The van der Waals surface area contributed by atoms with E-state index in [2.05, 4.69) is 15.9 Å². The molecule has 0 spiro atoms. The van der Waals surface area contributed by atoms with Crippen LogP contribution in [0.2, 0.25) is 0 Å². The molecule has 1 aromatic carbocycles. The van der Waals surface area contributed by atoms with Crippen LogP contribution >= 0.6 is 15.9 Å². The molecule has 0 radical (unpaired) electrons. The second kappa shape index (κ2) is 6.77. The van der Waals surface area contributed by atoms with Crippen LogP contribution in [0.5, 0.6) is 5.75 Å². The molecule has 3 nitrogen and oxygen atoms in total. The van der Waals surface area contributed by atoms with Crippen molar-refractivity contribution in [1.29, 1.82) is 0 Å². The minimum Gasteiger partial charge on any atom is -0.496 e. The summed E-state index contributed by atoms with van der Waals surface area (Å²) in [5.74, 6) is 0.918. The fourth-order valence-electron chi connectivity index (χ4n) is 1.91. The molecule has 0 saturated carbocycles. The number of carbonyl (C=O) groups excluding carboxylic acids is 1. The van der Waals surface area contributed by atoms with Crippen molar-refractivity contribution in [3.8, 4) is 5.75 Å². The van der Waals surface area contributed by atoms with E-state index in [0.29, 0.717) is 13.0 Å². The van der Waals surface area contributed by atoms with Crippen LogP contribution in [0.4, 0.5) is 0 Å². The number of carbonyl (C=O) groups is 1. The lowest BCUT2D eigenvalue weighted by atomic mass is 9.93. The fraction of sp³-hybridized carbons (Fsp3) is 0.462. The molecule has 1 aromatic rings. The Morgan fingerprint density at radius 1 is 1.41 bits per heavy atom. The molecule has 0 aliphatic carbocycles. The Labute approximate surface area is 110 Å². The predicted molar refractivity (Wildman–Crippen MR) is 70.5 cm³/mol. The van der Waals surface area contributed by atoms with Gasteiger partial charge < -0.3 is 14.3 Å². The van der Waals surface area contributed by atoms with Crippen LogP contribution in [-0.4, -0.2) is 20.5 Å². The van der Waals surface area contributed by atoms with Crippen molar-refractivity contribution in [1.82, 2.24) is 0 Å². The standard InChI is InChI=1S/C13H17BrO3/c1-9(4-5-15)13-10(8-16-2)6-11(14)7-12(13)17-3/h5-7,9H,4,8H2,1-3H3. The van der Waals surface area contributed by atoms with E-state index in [1.165, 1.54) is 0 Å². The van der Waals surface area contributed by atoms with Crippen LogP contribution in [0, 0.1) is 0 Å². The Morgan fingerprint density at radius 3 is 2.65 bits per heavy atom. The number of benzene rings is 1. The maximum atomic E-state index is 10.6. The van der Waals surface area contributed by atoms with Crippen molar-refractivity contribution in [3.63, 3.8) is 0 Å². The molecule has 1 atom stereocenters. The van der Waals surface area contributed by atoms with Crippen molar-refractivity contribution in [2.45, 2.75) is 25.9 Å². The van der Waals surface area contributed by atoms with Crippen LogP contribution in [0.3, 0.4) is 0 Å². The summed E-state index contributed by atoms with van der Waals surface area (Å²) < 4.78 is 11.5. The maximum absolute atomic E-state index is 10.6. The summed E-state index contributed by atoms with van der Waals surface area (Å²) in [7, 11) is 3.29. The third-order valence-corrected chi connectivity index (χ3v) is 3.11. The summed E-state index contributed by atoms with van der Waals surface area (Å²) in [6.07, 6.45) is 1.41. The Morgan fingerprint density at radius 2 is 2.12 bits per heavy atom. The molecule has 0 heterocycles. The first-order valence-electron chi connectivity index (χ1n) is 5.42. The third kappa shape index (κ3) is 3.54. The number of aldehydes is 1. The molecular weight excluding hydrogens is 284 g/mol. The zero-order chi connectivity index (χ0) is 12.8. The summed E-state index contributed by atoms with van der Waals surface area (Å²) in [6.45, 7) is 2.52. The van der Waals surface area contributed by atoms with Crippen molar-refractivity contribution >= 4 is 22.2 Å². The van der Waals surface area contributed by atoms with Gasteiger partial charge in [0, 0.05) is 23.6 Å². The van der Waals surface area contributed by atoms with Gasteiger partial charge in [0.2, 0.25) is 0 Å². The lowest BCUT2D eigenvalue weighted by molar-refractivity contribution is -0.108. The highest BCUT2D eigenvalue weighted by molar-refractivity contribution is 9.10. The molecule has 0 amide bonds. The SMILES string of the molecule is COCc1cc(Br)cc(OC)c1C(C)CC=O. The molecule has 0 aliphatic rings. The molecule has 0 fully saturated rings. The Kier molecular flexibility index (Phi) is 5.65. The Bertz CT molecular complexity index is 390. The van der Waals surface area contributed by atoms with Crippen LogP contribution in [-0.2, 0) is 16.1 Å². The number of ether oxygens (including phenoxy) is 2. The minimum atomic E-state index is 0.126. The van der Waals surface area contributed by atoms with Gasteiger partial charge in [-0.25, -0.2) is 0 Å². The lowest BCUT2D eigenvalue weighted by Crippen LogP contribution is -2.04. The highest BCUT2D eigenvalue weighted by Gasteiger charge is 2.17. The molecule has 0 saturated heterocycles. The first-order valence-corrected chi connectivity index (χ1v) is 6.22. The van der Waals surface area contributed by atoms with E-state index in [1.54, 1.807) is 14.2 Å². The van der Waals surface area contributed by atoms with E-state index in [9.17, 15) is 4.79 Å². The largest absolute Gasteiger partial charge is 0.496 e. The average Bonchev–Trinajstić information content (AvgIpc) is 2.28. The molecule has 1 rings (SSSR count). The van der Waals surface area contributed by atoms with Gasteiger partial charge in [-0.3, -0.25) is 0 Å². The second-order valence-electron chi connectivity index (χ2n) is 3.92. The molecule has 17 heavy (non-hydrogen) atoms. The number of hydrogen-bond acceptors (Lipinski definition) is 3. The van der Waals surface area contributed by atoms with Gasteiger partial charge in [-0.1, -0.05) is 22.9 Å². The van der Waals surface area contributed by atoms with Gasteiger partial charge in [-0.2, -0.15) is 0 Å². The molecule has 94 valence electrons. The zero-order valence-corrected chi connectivity index (χ0v) is 11.9. The normalized spacial score (nSPS) is 12.2. The van der Waals surface area contributed by atoms with E-state index < -0.39 is 0 Å². The molecular formula is C13H17BrO3. The highest BCUT2D eigenvalue weighted by Crippen LogP contribution is 2.35. The summed E-state index contributed by atoms with van der Waals surface area (Å²) in [6, 6.07) is 3.92. The van der Waals surface area contributed by atoms with Gasteiger partial charge >= 0.3 is 0 Å². The monoisotopic (exact) mass is 300 g/mol. The van der Waals surface area contributed by atoms with Gasteiger partial charge in [0.25, 0.3) is 0 Å². The molecule has 0 N–H and O–H groups in total.